The minimum absolute atomic E-state index is 0.0766. The number of fused-ring (bicyclic) bond motifs is 1. The first-order valence-electron chi connectivity index (χ1n) is 16.3. The van der Waals surface area contributed by atoms with Gasteiger partial charge < -0.3 is 29.8 Å². The number of hydrogen-bond acceptors (Lipinski definition) is 6. The van der Waals surface area contributed by atoms with Crippen molar-refractivity contribution in [1.82, 2.24) is 35.1 Å². The number of ether oxygens (including phenoxy) is 1. The van der Waals surface area contributed by atoms with Gasteiger partial charge in [0.1, 0.15) is 28.2 Å². The fraction of sp³-hybridized carbons (Fsp3) is 0.429. The Labute approximate surface area is 283 Å². The van der Waals surface area contributed by atoms with Crippen molar-refractivity contribution >= 4 is 46.3 Å². The quantitative estimate of drug-likeness (QED) is 0.173. The topological polar surface area (TPSA) is 119 Å². The molecule has 2 aromatic heterocycles. The van der Waals surface area contributed by atoms with E-state index in [1.54, 1.807) is 4.90 Å². The number of carbonyl (C=O) groups is 2. The first-order valence-corrected chi connectivity index (χ1v) is 17.0. The molecule has 3 N–H and O–H groups in total. The molecule has 0 spiro atoms. The standard InChI is InChI=1S/C35H37Cl2N7O3/c1-38-30(22-12-16-47-17-13-22)35(46)44-15-3-5-28(44)34-39-26(31(36)41-34)11-7-21-6-8-24-19-25(10-9-23(24)18-21)29-32(37)42-33(40-29)27-4-2-14-43(27)20-45/h6,8-10,18-20,22,27-28,30,38H,2-5,12-17H2,1H3,(H,39,41)(H,40,42)/t27-,28-,30?/m0/s1. The number of halogens is 2. The summed E-state index contributed by atoms with van der Waals surface area (Å²) in [6, 6.07) is 11.6. The van der Waals surface area contributed by atoms with Crippen molar-refractivity contribution in [2.45, 2.75) is 56.7 Å². The third kappa shape index (κ3) is 6.38. The average Bonchev–Trinajstić information content (AvgIpc) is 3.91. The second kappa shape index (κ2) is 13.7. The zero-order valence-electron chi connectivity index (χ0n) is 26.2. The first-order chi connectivity index (χ1) is 22.9. The van der Waals surface area contributed by atoms with Crippen LogP contribution in [-0.2, 0) is 14.3 Å². The first kappa shape index (κ1) is 31.7. The zero-order chi connectivity index (χ0) is 32.5. The van der Waals surface area contributed by atoms with Gasteiger partial charge in [0.15, 0.2) is 5.15 Å². The second-order valence-electron chi connectivity index (χ2n) is 12.5. The monoisotopic (exact) mass is 673 g/mol. The average molecular weight is 675 g/mol. The van der Waals surface area contributed by atoms with E-state index >= 15 is 0 Å². The Morgan fingerprint density at radius 1 is 0.979 bits per heavy atom. The SMILES string of the molecule is CNC(C(=O)N1CCC[C@H]1c1nc(Cl)c(C#Cc2ccc3cc(-c4nc([C@@H]5CCCN5C=O)[nH]c4Cl)ccc3c2)[nH]1)C1CCOCC1. The summed E-state index contributed by atoms with van der Waals surface area (Å²) >= 11 is 13.1. The van der Waals surface area contributed by atoms with Crippen LogP contribution in [0.5, 0.6) is 0 Å². The van der Waals surface area contributed by atoms with Gasteiger partial charge in [-0.25, -0.2) is 9.97 Å². The fourth-order valence-corrected chi connectivity index (χ4v) is 7.68. The summed E-state index contributed by atoms with van der Waals surface area (Å²) in [7, 11) is 1.86. The Hall–Kier alpha value is -3.88. The summed E-state index contributed by atoms with van der Waals surface area (Å²) in [5, 5.41) is 6.08. The lowest BCUT2D eigenvalue weighted by Crippen LogP contribution is -2.50. The molecule has 3 saturated heterocycles. The largest absolute Gasteiger partial charge is 0.381 e. The van der Waals surface area contributed by atoms with Gasteiger partial charge >= 0.3 is 0 Å². The van der Waals surface area contributed by atoms with E-state index in [0.717, 1.165) is 73.4 Å². The number of nitrogens with one attached hydrogen (secondary N) is 3. The Morgan fingerprint density at radius 2 is 1.72 bits per heavy atom. The van der Waals surface area contributed by atoms with Crippen molar-refractivity contribution in [1.29, 1.82) is 0 Å². The third-order valence-electron chi connectivity index (χ3n) is 9.71. The summed E-state index contributed by atoms with van der Waals surface area (Å²) in [4.78, 5) is 44.7. The molecule has 244 valence electrons. The summed E-state index contributed by atoms with van der Waals surface area (Å²) in [6.45, 7) is 2.80. The predicted molar refractivity (Wildman–Crippen MR) is 181 cm³/mol. The number of carbonyl (C=O) groups excluding carboxylic acids is 2. The van der Waals surface area contributed by atoms with E-state index < -0.39 is 0 Å². The van der Waals surface area contributed by atoms with Gasteiger partial charge in [0.25, 0.3) is 0 Å². The number of imidazole rings is 2. The van der Waals surface area contributed by atoms with E-state index in [1.807, 2.05) is 42.3 Å². The lowest BCUT2D eigenvalue weighted by molar-refractivity contribution is -0.136. The number of amides is 2. The molecular formula is C35H37Cl2N7O3. The normalized spacial score (nSPS) is 20.8. The van der Waals surface area contributed by atoms with E-state index in [-0.39, 0.29) is 30.0 Å². The van der Waals surface area contributed by atoms with Crippen molar-refractivity contribution < 1.29 is 14.3 Å². The van der Waals surface area contributed by atoms with E-state index in [1.165, 1.54) is 0 Å². The molecule has 0 bridgehead atoms. The van der Waals surface area contributed by atoms with Gasteiger partial charge in [0.2, 0.25) is 12.3 Å². The molecule has 10 nitrogen and oxygen atoms in total. The van der Waals surface area contributed by atoms with Gasteiger partial charge in [0.05, 0.1) is 18.1 Å². The van der Waals surface area contributed by atoms with Crippen LogP contribution in [0.1, 0.15) is 73.5 Å². The molecule has 5 heterocycles. The molecule has 1 unspecified atom stereocenters. The highest BCUT2D eigenvalue weighted by Crippen LogP contribution is 2.36. The van der Waals surface area contributed by atoms with Crippen LogP contribution in [0.3, 0.4) is 0 Å². The maximum absolute atomic E-state index is 13.7. The van der Waals surface area contributed by atoms with Crippen molar-refractivity contribution in [2.24, 2.45) is 5.92 Å². The minimum atomic E-state index is -0.242. The van der Waals surface area contributed by atoms with Crippen molar-refractivity contribution in [2.75, 3.05) is 33.4 Å². The molecular weight excluding hydrogens is 637 g/mol. The number of rotatable bonds is 7. The van der Waals surface area contributed by atoms with Crippen molar-refractivity contribution in [3.8, 4) is 23.1 Å². The molecule has 3 fully saturated rings. The molecule has 3 aliphatic heterocycles. The van der Waals surface area contributed by atoms with Gasteiger partial charge in [-0.15, -0.1) is 0 Å². The molecule has 12 heteroatoms. The van der Waals surface area contributed by atoms with E-state index in [4.69, 9.17) is 32.9 Å². The summed E-state index contributed by atoms with van der Waals surface area (Å²) in [6.07, 6.45) is 6.17. The Balaban J connectivity index is 1.07. The van der Waals surface area contributed by atoms with Crippen LogP contribution in [0.2, 0.25) is 10.3 Å². The number of likely N-dealkylation sites (tertiary alicyclic amines) is 2. The van der Waals surface area contributed by atoms with Gasteiger partial charge in [-0.3, -0.25) is 9.59 Å². The maximum Gasteiger partial charge on any atom is 0.240 e. The molecule has 0 aliphatic carbocycles. The number of nitrogens with zero attached hydrogens (tertiary/aromatic N) is 4. The Bertz CT molecular complexity index is 1850. The molecule has 4 aromatic rings. The molecule has 3 aliphatic rings. The van der Waals surface area contributed by atoms with Crippen LogP contribution >= 0.6 is 23.2 Å². The van der Waals surface area contributed by atoms with Crippen LogP contribution < -0.4 is 5.32 Å². The fourth-order valence-electron chi connectivity index (χ4n) is 7.25. The van der Waals surface area contributed by atoms with E-state index in [2.05, 4.69) is 38.2 Å². The second-order valence-corrected chi connectivity index (χ2v) is 13.2. The lowest BCUT2D eigenvalue weighted by atomic mass is 9.90. The molecule has 0 radical (unpaired) electrons. The Morgan fingerprint density at radius 3 is 2.53 bits per heavy atom. The molecule has 3 atom stereocenters. The van der Waals surface area contributed by atoms with E-state index in [9.17, 15) is 9.59 Å². The van der Waals surface area contributed by atoms with E-state index in [0.29, 0.717) is 53.1 Å². The van der Waals surface area contributed by atoms with Gasteiger partial charge in [-0.1, -0.05) is 47.3 Å². The van der Waals surface area contributed by atoms with Gasteiger partial charge in [0, 0.05) is 37.4 Å². The zero-order valence-corrected chi connectivity index (χ0v) is 27.7. The van der Waals surface area contributed by atoms with Gasteiger partial charge in [-0.2, -0.15) is 0 Å². The molecule has 2 amide bonds. The number of likely N-dealkylation sites (N-methyl/N-ethyl adjacent to an activating group) is 1. The molecule has 47 heavy (non-hydrogen) atoms. The molecule has 0 saturated carbocycles. The number of aromatic nitrogens is 4. The van der Waals surface area contributed by atoms with Crippen LogP contribution in [0.4, 0.5) is 0 Å². The van der Waals surface area contributed by atoms with Crippen molar-refractivity contribution in [3.05, 3.63) is 69.6 Å². The maximum atomic E-state index is 13.7. The number of hydrogen-bond donors (Lipinski definition) is 3. The summed E-state index contributed by atoms with van der Waals surface area (Å²) in [5.41, 5.74) is 2.93. The van der Waals surface area contributed by atoms with Gasteiger partial charge in [-0.05, 0) is 86.4 Å². The predicted octanol–water partition coefficient (Wildman–Crippen LogP) is 5.63. The highest BCUT2D eigenvalue weighted by Gasteiger charge is 2.38. The van der Waals surface area contributed by atoms with Crippen LogP contribution in [0.25, 0.3) is 22.0 Å². The molecule has 2 aromatic carbocycles. The highest BCUT2D eigenvalue weighted by atomic mass is 35.5. The van der Waals surface area contributed by atoms with Crippen LogP contribution in [0.15, 0.2) is 36.4 Å². The molecule has 7 rings (SSSR count). The summed E-state index contributed by atoms with van der Waals surface area (Å²) in [5.74, 6) is 8.13. The Kier molecular flexibility index (Phi) is 9.24. The number of aromatic amines is 2. The third-order valence-corrected chi connectivity index (χ3v) is 10.3. The number of benzene rings is 2. The van der Waals surface area contributed by atoms with Crippen LogP contribution in [0, 0.1) is 17.8 Å². The summed E-state index contributed by atoms with van der Waals surface area (Å²) < 4.78 is 5.52. The van der Waals surface area contributed by atoms with Crippen LogP contribution in [-0.4, -0.2) is 81.4 Å². The highest BCUT2D eigenvalue weighted by molar-refractivity contribution is 6.32. The minimum Gasteiger partial charge on any atom is -0.381 e. The number of H-pyrrole nitrogens is 2. The van der Waals surface area contributed by atoms with Crippen molar-refractivity contribution in [3.63, 3.8) is 0 Å². The lowest BCUT2D eigenvalue weighted by Gasteiger charge is -2.33. The smallest absolute Gasteiger partial charge is 0.240 e.